The van der Waals surface area contributed by atoms with Gasteiger partial charge in [0.2, 0.25) is 0 Å². The minimum absolute atomic E-state index is 0.101. The quantitative estimate of drug-likeness (QED) is 0.236. The highest BCUT2D eigenvalue weighted by atomic mass is 127. The molecule has 0 aliphatic rings. The summed E-state index contributed by atoms with van der Waals surface area (Å²) in [5.41, 5.74) is 3.32. The summed E-state index contributed by atoms with van der Waals surface area (Å²) < 4.78 is 6.63. The van der Waals surface area contributed by atoms with E-state index in [-0.39, 0.29) is 16.6 Å². The Hall–Kier alpha value is -2.72. The molecule has 3 rings (SSSR count). The first-order valence-corrected chi connectivity index (χ1v) is 9.03. The van der Waals surface area contributed by atoms with Crippen molar-refractivity contribution in [1.82, 2.24) is 5.43 Å². The molecular formula is C18H11ClIN3O4. The molecular weight excluding hydrogens is 485 g/mol. The predicted octanol–water partition coefficient (Wildman–Crippen LogP) is 4.88. The van der Waals surface area contributed by atoms with Gasteiger partial charge in [0.1, 0.15) is 11.5 Å². The van der Waals surface area contributed by atoms with Gasteiger partial charge in [-0.2, -0.15) is 5.10 Å². The van der Waals surface area contributed by atoms with Crippen molar-refractivity contribution in [2.45, 2.75) is 0 Å². The Kier molecular flexibility index (Phi) is 5.87. The molecule has 136 valence electrons. The lowest BCUT2D eigenvalue weighted by Gasteiger charge is -2.00. The second-order valence-corrected chi connectivity index (χ2v) is 6.98. The zero-order valence-electron chi connectivity index (χ0n) is 13.6. The number of hydrazone groups is 1. The SMILES string of the molecule is O=C(N/N=C\c1ccc(-c2ccc([N+](=O)[O-])cc2Cl)o1)c1ccc(I)cc1. The van der Waals surface area contributed by atoms with Gasteiger partial charge in [0.15, 0.2) is 0 Å². The number of furan rings is 1. The van der Waals surface area contributed by atoms with Gasteiger partial charge in [0.05, 0.1) is 16.2 Å². The first-order chi connectivity index (χ1) is 12.9. The van der Waals surface area contributed by atoms with E-state index in [9.17, 15) is 14.9 Å². The van der Waals surface area contributed by atoms with Crippen molar-refractivity contribution in [2.24, 2.45) is 5.10 Å². The van der Waals surface area contributed by atoms with Crippen LogP contribution >= 0.6 is 34.2 Å². The smallest absolute Gasteiger partial charge is 0.271 e. The zero-order chi connectivity index (χ0) is 19.4. The number of hydrogen-bond acceptors (Lipinski definition) is 5. The molecule has 3 aromatic rings. The Labute approximate surface area is 172 Å². The summed E-state index contributed by atoms with van der Waals surface area (Å²) in [7, 11) is 0. The van der Waals surface area contributed by atoms with Crippen molar-refractivity contribution < 1.29 is 14.1 Å². The van der Waals surface area contributed by atoms with Crippen LogP contribution in [0.1, 0.15) is 16.1 Å². The van der Waals surface area contributed by atoms with Crippen molar-refractivity contribution in [3.8, 4) is 11.3 Å². The fraction of sp³-hybridized carbons (Fsp3) is 0. The van der Waals surface area contributed by atoms with Crippen molar-refractivity contribution in [1.29, 1.82) is 0 Å². The molecule has 1 amide bonds. The number of amides is 1. The van der Waals surface area contributed by atoms with E-state index in [4.69, 9.17) is 16.0 Å². The Balaban J connectivity index is 1.69. The van der Waals surface area contributed by atoms with Crippen molar-refractivity contribution in [3.63, 3.8) is 0 Å². The third kappa shape index (κ3) is 4.72. The molecule has 0 aliphatic carbocycles. The van der Waals surface area contributed by atoms with Crippen LogP contribution in [0.15, 0.2) is 64.1 Å². The number of hydrogen-bond donors (Lipinski definition) is 1. The lowest BCUT2D eigenvalue weighted by atomic mass is 10.1. The van der Waals surface area contributed by atoms with E-state index in [0.29, 0.717) is 22.6 Å². The molecule has 0 fully saturated rings. The molecule has 0 aliphatic heterocycles. The van der Waals surface area contributed by atoms with E-state index in [2.05, 4.69) is 33.1 Å². The number of nitrogens with zero attached hydrogens (tertiary/aromatic N) is 2. The maximum absolute atomic E-state index is 12.0. The lowest BCUT2D eigenvalue weighted by molar-refractivity contribution is -0.384. The Morgan fingerprint density at radius 1 is 1.19 bits per heavy atom. The Morgan fingerprint density at radius 3 is 2.59 bits per heavy atom. The summed E-state index contributed by atoms with van der Waals surface area (Å²) in [4.78, 5) is 22.2. The van der Waals surface area contributed by atoms with E-state index in [0.717, 1.165) is 3.57 Å². The Morgan fingerprint density at radius 2 is 1.93 bits per heavy atom. The number of nitro benzene ring substituents is 1. The molecule has 7 nitrogen and oxygen atoms in total. The van der Waals surface area contributed by atoms with Crippen molar-refractivity contribution in [2.75, 3.05) is 0 Å². The third-order valence-electron chi connectivity index (χ3n) is 3.52. The summed E-state index contributed by atoms with van der Waals surface area (Å²) in [6.45, 7) is 0. The number of halogens is 2. The monoisotopic (exact) mass is 495 g/mol. The van der Waals surface area contributed by atoms with Gasteiger partial charge in [-0.05, 0) is 65.1 Å². The molecule has 27 heavy (non-hydrogen) atoms. The summed E-state index contributed by atoms with van der Waals surface area (Å²) in [6, 6.07) is 14.5. The van der Waals surface area contributed by atoms with Crippen molar-refractivity contribution >= 4 is 52.0 Å². The second-order valence-electron chi connectivity index (χ2n) is 5.33. The van der Waals surface area contributed by atoms with Crippen LogP contribution < -0.4 is 5.43 Å². The number of nitro groups is 1. The number of benzene rings is 2. The molecule has 1 N–H and O–H groups in total. The molecule has 1 heterocycles. The fourth-order valence-corrected chi connectivity index (χ4v) is 2.83. The van der Waals surface area contributed by atoms with Crippen molar-refractivity contribution in [3.05, 3.63) is 84.6 Å². The molecule has 0 spiro atoms. The number of non-ortho nitro benzene ring substituents is 1. The van der Waals surface area contributed by atoms with E-state index >= 15 is 0 Å². The average molecular weight is 496 g/mol. The summed E-state index contributed by atoms with van der Waals surface area (Å²) in [6.07, 6.45) is 1.35. The van der Waals surface area contributed by atoms with Gasteiger partial charge in [-0.3, -0.25) is 14.9 Å². The van der Waals surface area contributed by atoms with E-state index in [1.807, 2.05) is 12.1 Å². The topological polar surface area (TPSA) is 97.7 Å². The van der Waals surface area contributed by atoms with E-state index in [1.165, 1.54) is 24.4 Å². The molecule has 0 bridgehead atoms. The molecule has 0 saturated carbocycles. The van der Waals surface area contributed by atoms with Crippen LogP contribution in [0, 0.1) is 13.7 Å². The largest absolute Gasteiger partial charge is 0.455 e. The lowest BCUT2D eigenvalue weighted by Crippen LogP contribution is -2.17. The van der Waals surface area contributed by atoms with Crippen LogP contribution in [0.3, 0.4) is 0 Å². The molecule has 9 heteroatoms. The van der Waals surface area contributed by atoms with Gasteiger partial charge in [-0.15, -0.1) is 0 Å². The van der Waals surface area contributed by atoms with Gasteiger partial charge >= 0.3 is 0 Å². The normalized spacial score (nSPS) is 10.9. The number of carbonyl (C=O) groups excluding carboxylic acids is 1. The predicted molar refractivity (Wildman–Crippen MR) is 110 cm³/mol. The summed E-state index contributed by atoms with van der Waals surface area (Å²) >= 11 is 8.24. The molecule has 2 aromatic carbocycles. The van der Waals surface area contributed by atoms with Crippen LogP contribution in [0.25, 0.3) is 11.3 Å². The highest BCUT2D eigenvalue weighted by Crippen LogP contribution is 2.32. The summed E-state index contributed by atoms with van der Waals surface area (Å²) in [5, 5.41) is 14.8. The average Bonchev–Trinajstić information content (AvgIpc) is 3.10. The van der Waals surface area contributed by atoms with Gasteiger partial charge < -0.3 is 4.42 Å². The van der Waals surface area contributed by atoms with E-state index < -0.39 is 4.92 Å². The van der Waals surface area contributed by atoms with Gasteiger partial charge in [-0.25, -0.2) is 5.43 Å². The molecule has 0 unspecified atom stereocenters. The fourth-order valence-electron chi connectivity index (χ4n) is 2.20. The maximum Gasteiger partial charge on any atom is 0.271 e. The van der Waals surface area contributed by atoms with Crippen LogP contribution in [-0.4, -0.2) is 17.0 Å². The third-order valence-corrected chi connectivity index (χ3v) is 4.55. The zero-order valence-corrected chi connectivity index (χ0v) is 16.5. The minimum atomic E-state index is -0.522. The Bertz CT molecular complexity index is 1030. The van der Waals surface area contributed by atoms with E-state index in [1.54, 1.807) is 24.3 Å². The van der Waals surface area contributed by atoms with Gasteiger partial charge in [0.25, 0.3) is 11.6 Å². The summed E-state index contributed by atoms with van der Waals surface area (Å²) in [5.74, 6) is 0.482. The second kappa shape index (κ2) is 8.31. The van der Waals surface area contributed by atoms with Crippen LogP contribution in [0.5, 0.6) is 0 Å². The highest BCUT2D eigenvalue weighted by Gasteiger charge is 2.13. The van der Waals surface area contributed by atoms with Gasteiger partial charge in [0, 0.05) is 26.8 Å². The standard InChI is InChI=1S/C18H11ClIN3O4/c19-16-9-13(23(25)26)5-7-15(16)17-8-6-14(27-17)10-21-22-18(24)11-1-3-12(20)4-2-11/h1-10H,(H,22,24)/b21-10-. The molecule has 0 saturated heterocycles. The number of rotatable bonds is 5. The maximum atomic E-state index is 12.0. The molecule has 0 radical (unpaired) electrons. The highest BCUT2D eigenvalue weighted by molar-refractivity contribution is 14.1. The minimum Gasteiger partial charge on any atom is -0.455 e. The first kappa shape index (κ1) is 19.1. The van der Waals surface area contributed by atoms with Crippen LogP contribution in [-0.2, 0) is 0 Å². The van der Waals surface area contributed by atoms with Gasteiger partial charge in [-0.1, -0.05) is 11.6 Å². The number of carbonyl (C=O) groups is 1. The van der Waals surface area contributed by atoms with Crippen LogP contribution in [0.4, 0.5) is 5.69 Å². The molecule has 1 aromatic heterocycles. The first-order valence-electron chi connectivity index (χ1n) is 7.57. The van der Waals surface area contributed by atoms with Crippen LogP contribution in [0.2, 0.25) is 5.02 Å². The molecule has 0 atom stereocenters. The number of nitrogens with one attached hydrogen (secondary N) is 1.